The number of hydrogen-bond acceptors (Lipinski definition) is 4. The van der Waals surface area contributed by atoms with Crippen molar-refractivity contribution in [3.8, 4) is 0 Å². The summed E-state index contributed by atoms with van der Waals surface area (Å²) in [7, 11) is 3.77. The second-order valence-electron chi connectivity index (χ2n) is 5.16. The normalized spacial score (nSPS) is 11.5. The molecule has 6 nitrogen and oxygen atoms in total. The smallest absolute Gasteiger partial charge is 0.223 e. The number of aliphatic imine (C=N–C) groups is 1. The maximum atomic E-state index is 4.95. The zero-order valence-electron chi connectivity index (χ0n) is 13.6. The third-order valence-electron chi connectivity index (χ3n) is 3.40. The molecular formula is C16H23N5O. The van der Waals surface area contributed by atoms with Crippen LogP contribution in [0.25, 0.3) is 0 Å². The van der Waals surface area contributed by atoms with Gasteiger partial charge in [-0.25, -0.2) is 0 Å². The van der Waals surface area contributed by atoms with Crippen molar-refractivity contribution in [2.75, 3.05) is 14.1 Å². The molecule has 1 aromatic carbocycles. The molecule has 0 atom stereocenters. The molecular weight excluding hydrogens is 278 g/mol. The first kappa shape index (κ1) is 16.0. The van der Waals surface area contributed by atoms with Crippen LogP contribution in [-0.2, 0) is 19.5 Å². The Bertz CT molecular complexity index is 618. The van der Waals surface area contributed by atoms with E-state index in [1.807, 2.05) is 7.05 Å². The monoisotopic (exact) mass is 301 g/mol. The molecule has 0 saturated carbocycles. The van der Waals surface area contributed by atoms with E-state index in [0.717, 1.165) is 18.9 Å². The number of rotatable bonds is 5. The Labute approximate surface area is 131 Å². The summed E-state index contributed by atoms with van der Waals surface area (Å²) in [5.74, 6) is 1.98. The van der Waals surface area contributed by atoms with Crippen molar-refractivity contribution in [3.05, 3.63) is 47.1 Å². The lowest BCUT2D eigenvalue weighted by molar-refractivity contribution is 0.386. The van der Waals surface area contributed by atoms with Crippen LogP contribution in [0.3, 0.4) is 0 Å². The number of aromatic nitrogens is 2. The maximum Gasteiger partial charge on any atom is 0.223 e. The topological polar surface area (TPSA) is 66.5 Å². The van der Waals surface area contributed by atoms with E-state index in [4.69, 9.17) is 4.52 Å². The van der Waals surface area contributed by atoms with Gasteiger partial charge < -0.3 is 14.7 Å². The van der Waals surface area contributed by atoms with E-state index in [-0.39, 0.29) is 0 Å². The minimum absolute atomic E-state index is 0.489. The standard InChI is InChI=1S/C16H23N5O/c1-5-13-6-8-14(9-7-13)11-21(4)16(17-3)18-10-15-19-12(2)22-20-15/h6-9H,5,10-11H2,1-4H3,(H,17,18). The highest BCUT2D eigenvalue weighted by molar-refractivity contribution is 5.79. The van der Waals surface area contributed by atoms with Crippen molar-refractivity contribution in [3.63, 3.8) is 0 Å². The summed E-state index contributed by atoms with van der Waals surface area (Å²) >= 11 is 0. The van der Waals surface area contributed by atoms with Crippen molar-refractivity contribution >= 4 is 5.96 Å². The van der Waals surface area contributed by atoms with Gasteiger partial charge in [-0.05, 0) is 17.5 Å². The average Bonchev–Trinajstić information content (AvgIpc) is 2.94. The molecule has 0 aliphatic rings. The van der Waals surface area contributed by atoms with Gasteiger partial charge in [0.1, 0.15) is 0 Å². The van der Waals surface area contributed by atoms with Gasteiger partial charge >= 0.3 is 0 Å². The molecule has 22 heavy (non-hydrogen) atoms. The summed E-state index contributed by atoms with van der Waals surface area (Å²) in [4.78, 5) is 10.5. The van der Waals surface area contributed by atoms with Gasteiger partial charge in [-0.1, -0.05) is 36.3 Å². The summed E-state index contributed by atoms with van der Waals surface area (Å²) in [6.07, 6.45) is 1.06. The Morgan fingerprint density at radius 3 is 2.50 bits per heavy atom. The number of aryl methyl sites for hydroxylation is 2. The number of guanidine groups is 1. The first-order chi connectivity index (χ1) is 10.6. The molecule has 0 radical (unpaired) electrons. The molecule has 0 unspecified atom stereocenters. The second-order valence-corrected chi connectivity index (χ2v) is 5.16. The van der Waals surface area contributed by atoms with Gasteiger partial charge in [0, 0.05) is 27.6 Å². The molecule has 1 heterocycles. The van der Waals surface area contributed by atoms with Crippen LogP contribution in [0.5, 0.6) is 0 Å². The van der Waals surface area contributed by atoms with Crippen molar-refractivity contribution in [2.24, 2.45) is 4.99 Å². The Balaban J connectivity index is 1.91. The van der Waals surface area contributed by atoms with Crippen LogP contribution in [-0.4, -0.2) is 35.1 Å². The van der Waals surface area contributed by atoms with Crippen molar-refractivity contribution < 1.29 is 4.52 Å². The molecule has 2 rings (SSSR count). The molecule has 0 aliphatic heterocycles. The quantitative estimate of drug-likeness (QED) is 0.677. The Hall–Kier alpha value is -2.37. The van der Waals surface area contributed by atoms with E-state index in [0.29, 0.717) is 18.3 Å². The summed E-state index contributed by atoms with van der Waals surface area (Å²) < 4.78 is 4.95. The number of nitrogens with one attached hydrogen (secondary N) is 1. The minimum Gasteiger partial charge on any atom is -0.349 e. The van der Waals surface area contributed by atoms with Crippen molar-refractivity contribution in [2.45, 2.75) is 33.4 Å². The van der Waals surface area contributed by atoms with Gasteiger partial charge in [-0.3, -0.25) is 4.99 Å². The zero-order chi connectivity index (χ0) is 15.9. The first-order valence-electron chi connectivity index (χ1n) is 7.41. The number of nitrogens with zero attached hydrogens (tertiary/aromatic N) is 4. The van der Waals surface area contributed by atoms with Gasteiger partial charge in [-0.15, -0.1) is 0 Å². The predicted molar refractivity (Wildman–Crippen MR) is 86.5 cm³/mol. The first-order valence-corrected chi connectivity index (χ1v) is 7.41. The van der Waals surface area contributed by atoms with E-state index >= 15 is 0 Å². The summed E-state index contributed by atoms with van der Waals surface area (Å²) in [5.41, 5.74) is 2.60. The fourth-order valence-corrected chi connectivity index (χ4v) is 2.19. The molecule has 2 aromatic rings. The SMILES string of the molecule is CCc1ccc(CN(C)C(=NC)NCc2noc(C)n2)cc1. The number of hydrogen-bond donors (Lipinski definition) is 1. The van der Waals surface area contributed by atoms with Crippen LogP contribution < -0.4 is 5.32 Å². The lowest BCUT2D eigenvalue weighted by atomic mass is 10.1. The average molecular weight is 301 g/mol. The van der Waals surface area contributed by atoms with Crippen LogP contribution in [0.15, 0.2) is 33.8 Å². The minimum atomic E-state index is 0.489. The van der Waals surface area contributed by atoms with E-state index in [1.165, 1.54) is 11.1 Å². The van der Waals surface area contributed by atoms with Crippen LogP contribution in [0.4, 0.5) is 0 Å². The van der Waals surface area contributed by atoms with Crippen LogP contribution >= 0.6 is 0 Å². The fourth-order valence-electron chi connectivity index (χ4n) is 2.19. The van der Waals surface area contributed by atoms with Crippen LogP contribution in [0, 0.1) is 6.92 Å². The Morgan fingerprint density at radius 1 is 1.27 bits per heavy atom. The van der Waals surface area contributed by atoms with Crippen molar-refractivity contribution in [1.82, 2.24) is 20.4 Å². The fraction of sp³-hybridized carbons (Fsp3) is 0.438. The molecule has 0 aliphatic carbocycles. The molecule has 0 amide bonds. The summed E-state index contributed by atoms with van der Waals surface area (Å²) in [6.45, 7) is 5.21. The highest BCUT2D eigenvalue weighted by Gasteiger charge is 2.08. The van der Waals surface area contributed by atoms with Crippen LogP contribution in [0.2, 0.25) is 0 Å². The van der Waals surface area contributed by atoms with E-state index in [9.17, 15) is 0 Å². The number of benzene rings is 1. The van der Waals surface area contributed by atoms with Gasteiger partial charge in [0.05, 0.1) is 6.54 Å². The summed E-state index contributed by atoms with van der Waals surface area (Å²) in [6, 6.07) is 8.65. The van der Waals surface area contributed by atoms with Gasteiger partial charge in [0.25, 0.3) is 0 Å². The van der Waals surface area contributed by atoms with Crippen LogP contribution in [0.1, 0.15) is 29.8 Å². The predicted octanol–water partition coefficient (Wildman–Crippen LogP) is 2.15. The van der Waals surface area contributed by atoms with E-state index in [2.05, 4.69) is 56.5 Å². The van der Waals surface area contributed by atoms with E-state index in [1.54, 1.807) is 14.0 Å². The molecule has 0 spiro atoms. The molecule has 1 N–H and O–H groups in total. The Morgan fingerprint density at radius 2 is 1.95 bits per heavy atom. The molecule has 1 aromatic heterocycles. The van der Waals surface area contributed by atoms with Gasteiger partial charge in [0.2, 0.25) is 5.89 Å². The Kier molecular flexibility index (Phi) is 5.52. The maximum absolute atomic E-state index is 4.95. The second kappa shape index (κ2) is 7.59. The molecule has 0 fully saturated rings. The third kappa shape index (κ3) is 4.31. The lowest BCUT2D eigenvalue weighted by Gasteiger charge is -2.21. The largest absolute Gasteiger partial charge is 0.349 e. The third-order valence-corrected chi connectivity index (χ3v) is 3.40. The summed E-state index contributed by atoms with van der Waals surface area (Å²) in [5, 5.41) is 7.09. The van der Waals surface area contributed by atoms with Gasteiger partial charge in [0.15, 0.2) is 11.8 Å². The highest BCUT2D eigenvalue weighted by Crippen LogP contribution is 2.07. The van der Waals surface area contributed by atoms with Gasteiger partial charge in [-0.2, -0.15) is 4.98 Å². The molecule has 0 saturated heterocycles. The zero-order valence-corrected chi connectivity index (χ0v) is 13.6. The molecule has 118 valence electrons. The van der Waals surface area contributed by atoms with E-state index < -0.39 is 0 Å². The van der Waals surface area contributed by atoms with Crippen molar-refractivity contribution in [1.29, 1.82) is 0 Å². The highest BCUT2D eigenvalue weighted by atomic mass is 16.5. The molecule has 0 bridgehead atoms. The molecule has 6 heteroatoms. The lowest BCUT2D eigenvalue weighted by Crippen LogP contribution is -2.38.